The first kappa shape index (κ1) is 20.2. The lowest BCUT2D eigenvalue weighted by atomic mass is 10.2. The molecular formula is C15H16ClF3N2O2S2. The van der Waals surface area contributed by atoms with Crippen LogP contribution in [-0.2, 0) is 16.2 Å². The van der Waals surface area contributed by atoms with Crippen molar-refractivity contribution in [3.05, 3.63) is 51.2 Å². The Morgan fingerprint density at radius 3 is 2.48 bits per heavy atom. The third-order valence-corrected chi connectivity index (χ3v) is 6.39. The molecular weight excluding hydrogens is 397 g/mol. The van der Waals surface area contributed by atoms with Crippen molar-refractivity contribution in [2.24, 2.45) is 0 Å². The second kappa shape index (κ2) is 7.63. The molecule has 0 aliphatic heterocycles. The highest BCUT2D eigenvalue weighted by Gasteiger charge is 2.33. The Labute approximate surface area is 153 Å². The van der Waals surface area contributed by atoms with E-state index in [1.165, 1.54) is 11.3 Å². The Bertz CT molecular complexity index is 822. The fourth-order valence-electron chi connectivity index (χ4n) is 2.17. The number of nitrogens with one attached hydrogen (secondary N) is 1. The molecule has 0 spiro atoms. The van der Waals surface area contributed by atoms with Crippen LogP contribution in [0.3, 0.4) is 0 Å². The van der Waals surface area contributed by atoms with E-state index < -0.39 is 26.7 Å². The van der Waals surface area contributed by atoms with Crippen LogP contribution in [0.25, 0.3) is 0 Å². The second-order valence-corrected chi connectivity index (χ2v) is 8.61. The first-order valence-corrected chi connectivity index (χ1v) is 9.82. The molecule has 0 saturated carbocycles. The molecule has 1 N–H and O–H groups in total. The monoisotopic (exact) mass is 412 g/mol. The van der Waals surface area contributed by atoms with Crippen LogP contribution in [0.4, 0.5) is 13.2 Å². The van der Waals surface area contributed by atoms with Crippen molar-refractivity contribution in [2.45, 2.75) is 17.1 Å². The first-order valence-electron chi connectivity index (χ1n) is 7.08. The predicted octanol–water partition coefficient (Wildman–Crippen LogP) is 4.00. The third kappa shape index (κ3) is 4.95. The number of alkyl halides is 3. The van der Waals surface area contributed by atoms with Gasteiger partial charge in [0.05, 0.1) is 16.6 Å². The molecule has 2 rings (SSSR count). The normalized spacial score (nSPS) is 14.0. The van der Waals surface area contributed by atoms with Crippen LogP contribution in [-0.4, -0.2) is 34.0 Å². The molecule has 0 aliphatic carbocycles. The second-order valence-electron chi connectivity index (χ2n) is 5.49. The fraction of sp³-hybridized carbons (Fsp3) is 0.333. The van der Waals surface area contributed by atoms with Gasteiger partial charge in [-0.1, -0.05) is 17.7 Å². The minimum atomic E-state index is -4.65. The van der Waals surface area contributed by atoms with Crippen molar-refractivity contribution in [1.82, 2.24) is 9.62 Å². The van der Waals surface area contributed by atoms with Gasteiger partial charge in [0, 0.05) is 11.4 Å². The zero-order valence-corrected chi connectivity index (χ0v) is 15.7. The van der Waals surface area contributed by atoms with E-state index >= 15 is 0 Å². The summed E-state index contributed by atoms with van der Waals surface area (Å²) in [7, 11) is -0.622. The molecule has 1 aromatic carbocycles. The lowest BCUT2D eigenvalue weighted by molar-refractivity contribution is -0.137. The number of benzene rings is 1. The Hall–Kier alpha value is -1.13. The summed E-state index contributed by atoms with van der Waals surface area (Å²) in [6, 6.07) is 5.67. The quantitative estimate of drug-likeness (QED) is 0.780. The molecule has 10 heteroatoms. The highest BCUT2D eigenvalue weighted by molar-refractivity contribution is 7.89. The summed E-state index contributed by atoms with van der Waals surface area (Å²) in [4.78, 5) is 2.16. The van der Waals surface area contributed by atoms with E-state index in [2.05, 4.69) is 4.72 Å². The minimum Gasteiger partial charge on any atom is -0.300 e. The van der Waals surface area contributed by atoms with Gasteiger partial charge in [0.25, 0.3) is 0 Å². The number of thiophene rings is 1. The molecule has 4 nitrogen and oxygen atoms in total. The van der Waals surface area contributed by atoms with E-state index in [-0.39, 0.29) is 17.6 Å². The van der Waals surface area contributed by atoms with Gasteiger partial charge in [0.2, 0.25) is 10.0 Å². The Balaban J connectivity index is 2.27. The summed E-state index contributed by atoms with van der Waals surface area (Å²) >= 11 is 7.28. The van der Waals surface area contributed by atoms with E-state index in [1.807, 2.05) is 22.4 Å². The standard InChI is InChI=1S/C15H16ClF3N2O2S2/c1-21(2)12(13-4-3-7-24-13)9-20-25(22,23)14-8-10(15(17,18)19)5-6-11(14)16/h3-8,12,20H,9H2,1-2H3/t12-/m0/s1. The molecule has 0 fully saturated rings. The summed E-state index contributed by atoms with van der Waals surface area (Å²) in [5, 5.41) is 1.60. The van der Waals surface area contributed by atoms with Crippen LogP contribution in [0, 0.1) is 0 Å². The third-order valence-electron chi connectivity index (χ3n) is 3.51. The Kier molecular flexibility index (Phi) is 6.16. The number of hydrogen-bond acceptors (Lipinski definition) is 4. The molecule has 25 heavy (non-hydrogen) atoms. The van der Waals surface area contributed by atoms with Gasteiger partial charge in [-0.25, -0.2) is 13.1 Å². The fourth-order valence-corrected chi connectivity index (χ4v) is 4.66. The summed E-state index contributed by atoms with van der Waals surface area (Å²) < 4.78 is 65.7. The minimum absolute atomic E-state index is 0.00240. The van der Waals surface area contributed by atoms with Gasteiger partial charge in [-0.2, -0.15) is 13.2 Å². The molecule has 0 amide bonds. The average Bonchev–Trinajstić information content (AvgIpc) is 3.00. The average molecular weight is 413 g/mol. The molecule has 0 unspecified atom stereocenters. The zero-order valence-electron chi connectivity index (χ0n) is 13.3. The van der Waals surface area contributed by atoms with Crippen LogP contribution in [0.2, 0.25) is 5.02 Å². The van der Waals surface area contributed by atoms with Crippen LogP contribution in [0.5, 0.6) is 0 Å². The van der Waals surface area contributed by atoms with Crippen molar-refractivity contribution in [3.63, 3.8) is 0 Å². The largest absolute Gasteiger partial charge is 0.416 e. The van der Waals surface area contributed by atoms with E-state index in [0.717, 1.165) is 17.0 Å². The molecule has 2 aromatic rings. The first-order chi connectivity index (χ1) is 11.5. The lowest BCUT2D eigenvalue weighted by Gasteiger charge is -2.23. The van der Waals surface area contributed by atoms with Gasteiger partial charge in [0.1, 0.15) is 4.90 Å². The highest BCUT2D eigenvalue weighted by Crippen LogP contribution is 2.33. The maximum atomic E-state index is 12.8. The van der Waals surface area contributed by atoms with Crippen molar-refractivity contribution < 1.29 is 21.6 Å². The molecule has 1 atom stereocenters. The predicted molar refractivity (Wildman–Crippen MR) is 92.4 cm³/mol. The van der Waals surface area contributed by atoms with Crippen LogP contribution < -0.4 is 4.72 Å². The summed E-state index contributed by atoms with van der Waals surface area (Å²) in [5.41, 5.74) is -1.07. The van der Waals surface area contributed by atoms with Crippen molar-refractivity contribution >= 4 is 33.0 Å². The molecule has 1 aromatic heterocycles. The van der Waals surface area contributed by atoms with Crippen LogP contribution in [0.1, 0.15) is 16.5 Å². The number of halogens is 4. The summed E-state index contributed by atoms with van der Waals surface area (Å²) in [6.07, 6.45) is -4.65. The number of hydrogen-bond donors (Lipinski definition) is 1. The maximum absolute atomic E-state index is 12.8. The van der Waals surface area contributed by atoms with E-state index in [4.69, 9.17) is 11.6 Å². The van der Waals surface area contributed by atoms with Gasteiger partial charge >= 0.3 is 6.18 Å². The van der Waals surface area contributed by atoms with Crippen molar-refractivity contribution in [3.8, 4) is 0 Å². The molecule has 0 bridgehead atoms. The van der Waals surface area contributed by atoms with E-state index in [9.17, 15) is 21.6 Å². The smallest absolute Gasteiger partial charge is 0.300 e. The Morgan fingerprint density at radius 2 is 1.96 bits per heavy atom. The maximum Gasteiger partial charge on any atom is 0.416 e. The van der Waals surface area contributed by atoms with Crippen molar-refractivity contribution in [1.29, 1.82) is 0 Å². The summed E-state index contributed by atoms with van der Waals surface area (Å²) in [6.45, 7) is 0.00240. The van der Waals surface area contributed by atoms with Crippen LogP contribution >= 0.6 is 22.9 Å². The Morgan fingerprint density at radius 1 is 1.28 bits per heavy atom. The van der Waals surface area contributed by atoms with Crippen molar-refractivity contribution in [2.75, 3.05) is 20.6 Å². The number of rotatable bonds is 6. The zero-order chi connectivity index (χ0) is 18.8. The van der Waals surface area contributed by atoms with Gasteiger partial charge < -0.3 is 4.90 Å². The number of likely N-dealkylation sites (N-methyl/N-ethyl adjacent to an activating group) is 1. The lowest BCUT2D eigenvalue weighted by Crippen LogP contribution is -2.34. The van der Waals surface area contributed by atoms with Gasteiger partial charge in [-0.3, -0.25) is 0 Å². The van der Waals surface area contributed by atoms with Gasteiger partial charge in [-0.15, -0.1) is 11.3 Å². The topological polar surface area (TPSA) is 49.4 Å². The molecule has 0 aliphatic rings. The highest BCUT2D eigenvalue weighted by atomic mass is 35.5. The van der Waals surface area contributed by atoms with Crippen LogP contribution in [0.15, 0.2) is 40.6 Å². The van der Waals surface area contributed by atoms with Gasteiger partial charge in [0.15, 0.2) is 0 Å². The van der Waals surface area contributed by atoms with E-state index in [1.54, 1.807) is 14.1 Å². The number of nitrogens with zero attached hydrogens (tertiary/aromatic N) is 1. The molecule has 0 radical (unpaired) electrons. The SMILES string of the molecule is CN(C)[C@@H](CNS(=O)(=O)c1cc(C(F)(F)F)ccc1Cl)c1cccs1. The molecule has 138 valence electrons. The molecule has 0 saturated heterocycles. The number of sulfonamides is 1. The summed E-state index contributed by atoms with van der Waals surface area (Å²) in [5.74, 6) is 0. The van der Waals surface area contributed by atoms with E-state index in [0.29, 0.717) is 6.07 Å². The molecule has 1 heterocycles. The van der Waals surface area contributed by atoms with Gasteiger partial charge in [-0.05, 0) is 43.7 Å².